The van der Waals surface area contributed by atoms with E-state index in [2.05, 4.69) is 25.3 Å². The fourth-order valence-electron chi connectivity index (χ4n) is 5.60. The molecule has 0 spiro atoms. The van der Waals surface area contributed by atoms with Crippen LogP contribution in [0.25, 0.3) is 15.7 Å². The van der Waals surface area contributed by atoms with Gasteiger partial charge in [-0.1, -0.05) is 37.2 Å². The maximum atomic E-state index is 14.7. The van der Waals surface area contributed by atoms with E-state index in [1.165, 1.54) is 28.1 Å². The zero-order valence-electron chi connectivity index (χ0n) is 22.5. The van der Waals surface area contributed by atoms with Gasteiger partial charge >= 0.3 is 0 Å². The predicted octanol–water partition coefficient (Wildman–Crippen LogP) is 5.98. The van der Waals surface area contributed by atoms with Crippen LogP contribution in [0.4, 0.5) is 26.0 Å². The van der Waals surface area contributed by atoms with Crippen molar-refractivity contribution in [1.29, 1.82) is 0 Å². The maximum Gasteiger partial charge on any atom is 0.252 e. The lowest BCUT2D eigenvalue weighted by atomic mass is 9.87. The van der Waals surface area contributed by atoms with Crippen LogP contribution in [0.5, 0.6) is 0 Å². The van der Waals surface area contributed by atoms with Crippen molar-refractivity contribution < 1.29 is 23.2 Å². The predicted molar refractivity (Wildman–Crippen MR) is 162 cm³/mol. The molecule has 3 heterocycles. The number of pyridine rings is 1. The number of nitrogens with one attached hydrogen (secondary N) is 2. The molecule has 0 radical (unpaired) electrons. The average molecular weight is 620 g/mol. The van der Waals surface area contributed by atoms with Gasteiger partial charge in [0.25, 0.3) is 11.8 Å². The summed E-state index contributed by atoms with van der Waals surface area (Å²) in [5.41, 5.74) is 1.51. The molecule has 44 heavy (non-hydrogen) atoms. The summed E-state index contributed by atoms with van der Waals surface area (Å²) >= 11 is 6.59. The van der Waals surface area contributed by atoms with E-state index in [1.54, 1.807) is 48.7 Å². The van der Waals surface area contributed by atoms with Gasteiger partial charge < -0.3 is 5.32 Å². The number of H-pyrrole nitrogens is 1. The average Bonchev–Trinajstić information content (AvgIpc) is 3.61. The highest BCUT2D eigenvalue weighted by Gasteiger charge is 2.48. The summed E-state index contributed by atoms with van der Waals surface area (Å²) in [6, 6.07) is 11.2. The fraction of sp³-hybridized carbons (Fsp3) is 0.290. The van der Waals surface area contributed by atoms with Crippen molar-refractivity contribution in [2.45, 2.75) is 57.2 Å². The summed E-state index contributed by atoms with van der Waals surface area (Å²) < 4.78 is 27.4. The number of anilines is 2. The number of aromatic nitrogens is 3. The van der Waals surface area contributed by atoms with Crippen LogP contribution in [0.15, 0.2) is 67.0 Å². The summed E-state index contributed by atoms with van der Waals surface area (Å²) in [7, 11) is 0. The Morgan fingerprint density at radius 1 is 1.18 bits per heavy atom. The molecule has 6 rings (SSSR count). The van der Waals surface area contributed by atoms with E-state index in [4.69, 9.17) is 18.2 Å². The number of hydrogen-bond acceptors (Lipinski definition) is 5. The highest BCUT2D eigenvalue weighted by molar-refractivity contribution is 6.31. The monoisotopic (exact) mass is 619 g/mol. The van der Waals surface area contributed by atoms with Crippen LogP contribution >= 0.6 is 11.6 Å². The van der Waals surface area contributed by atoms with Gasteiger partial charge in [-0.3, -0.25) is 29.3 Å². The minimum atomic E-state index is -2.88. The molecule has 0 bridgehead atoms. The molecule has 2 atom stereocenters. The number of halogens is 3. The summed E-state index contributed by atoms with van der Waals surface area (Å²) in [4.78, 5) is 52.0. The van der Waals surface area contributed by atoms with E-state index < -0.39 is 48.7 Å². The minimum absolute atomic E-state index is 0. The molecule has 4 aromatic rings. The van der Waals surface area contributed by atoms with Gasteiger partial charge in [0.2, 0.25) is 11.8 Å². The summed E-state index contributed by atoms with van der Waals surface area (Å²) in [5, 5.41) is 10.4. The molecule has 2 fully saturated rings. The third-order valence-electron chi connectivity index (χ3n) is 7.68. The van der Waals surface area contributed by atoms with Crippen molar-refractivity contribution in [3.63, 3.8) is 0 Å². The second-order valence-corrected chi connectivity index (χ2v) is 11.0. The summed E-state index contributed by atoms with van der Waals surface area (Å²) in [6.07, 6.45) is 2.07. The van der Waals surface area contributed by atoms with Crippen LogP contribution in [-0.2, 0) is 14.4 Å². The number of carbonyl (C=O) groups excluding carboxylic acids is 3. The van der Waals surface area contributed by atoms with Gasteiger partial charge in [0.15, 0.2) is 5.69 Å². The van der Waals surface area contributed by atoms with Crippen LogP contribution in [0.3, 0.4) is 0 Å². The van der Waals surface area contributed by atoms with Gasteiger partial charge in [-0.05, 0) is 42.8 Å². The lowest BCUT2D eigenvalue weighted by Gasteiger charge is -2.39. The zero-order valence-corrected chi connectivity index (χ0v) is 23.3. The van der Waals surface area contributed by atoms with E-state index in [-0.39, 0.29) is 48.3 Å². The molecule has 1 saturated carbocycles. The topological polar surface area (TPSA) is 116 Å². The largest absolute Gasteiger partial charge is 0.351 e. The lowest BCUT2D eigenvalue weighted by Crippen LogP contribution is -2.56. The number of rotatable bonds is 7. The van der Waals surface area contributed by atoms with Gasteiger partial charge in [-0.15, -0.1) is 0 Å². The first-order valence-electron chi connectivity index (χ1n) is 13.5. The van der Waals surface area contributed by atoms with Crippen molar-refractivity contribution in [2.75, 3.05) is 9.80 Å². The van der Waals surface area contributed by atoms with E-state index in [0.29, 0.717) is 16.6 Å². The standard InChI is InChI=1S/C30H24ClF2N7O3.CH4/c1-34-18-10-11-35-25(13-18)40-24(8-9-26(40)41)29(43)39(20-6-7-23-17(12-20)16-36-38-23)27(21-4-2-3-5-22(21)31)28(42)37-19-14-30(32,33)15-19;/h2-7,10-13,16,19,24,27H,8-9,14-15H2,(H,36,38)(H,37,42);1H4/t24-,27-;/m0./s1. The van der Waals surface area contributed by atoms with Crippen molar-refractivity contribution in [2.24, 2.45) is 0 Å². The molecular weight excluding hydrogens is 592 g/mol. The van der Waals surface area contributed by atoms with Crippen LogP contribution in [0.2, 0.25) is 5.02 Å². The summed E-state index contributed by atoms with van der Waals surface area (Å²) in [5.74, 6) is -4.42. The third-order valence-corrected chi connectivity index (χ3v) is 8.03. The third kappa shape index (κ3) is 5.70. The van der Waals surface area contributed by atoms with Gasteiger partial charge in [0.05, 0.1) is 18.3 Å². The Kier molecular flexibility index (Phi) is 8.34. The Hall–Kier alpha value is -4.89. The molecule has 2 aromatic heterocycles. The SMILES string of the molecule is C.[C-]#[N+]c1ccnc(N2C(=O)CC[C@H]2C(=O)N(c2ccc3[nH]ncc3c2)[C@H](C(=O)NC2CC(F)(F)C2)c2ccccc2Cl)c1. The number of benzene rings is 2. The Bertz CT molecular complexity index is 1780. The number of amides is 3. The summed E-state index contributed by atoms with van der Waals surface area (Å²) in [6.45, 7) is 7.36. The van der Waals surface area contributed by atoms with E-state index in [1.807, 2.05) is 0 Å². The molecule has 1 aliphatic heterocycles. The number of nitrogens with zero attached hydrogens (tertiary/aromatic N) is 5. The van der Waals surface area contributed by atoms with Crippen molar-refractivity contribution in [3.8, 4) is 0 Å². The van der Waals surface area contributed by atoms with Gasteiger partial charge in [0, 0.05) is 53.2 Å². The van der Waals surface area contributed by atoms with E-state index in [9.17, 15) is 23.2 Å². The van der Waals surface area contributed by atoms with Gasteiger partial charge in [0.1, 0.15) is 17.9 Å². The second-order valence-electron chi connectivity index (χ2n) is 10.5. The molecule has 13 heteroatoms. The maximum absolute atomic E-state index is 14.7. The lowest BCUT2D eigenvalue weighted by molar-refractivity contribution is -0.133. The van der Waals surface area contributed by atoms with Crippen LogP contribution in [-0.4, -0.2) is 50.9 Å². The molecule has 2 aliphatic rings. The Labute approximate surface area is 256 Å². The number of fused-ring (bicyclic) bond motifs is 1. The number of hydrogen-bond donors (Lipinski definition) is 2. The van der Waals surface area contributed by atoms with E-state index in [0.717, 1.165) is 0 Å². The molecule has 2 N–H and O–H groups in total. The van der Waals surface area contributed by atoms with Crippen molar-refractivity contribution in [1.82, 2.24) is 20.5 Å². The van der Waals surface area contributed by atoms with E-state index >= 15 is 0 Å². The molecule has 0 unspecified atom stereocenters. The first-order chi connectivity index (χ1) is 20.6. The molecule has 3 amide bonds. The normalized spacial score (nSPS) is 18.2. The Morgan fingerprint density at radius 3 is 2.68 bits per heavy atom. The quantitative estimate of drug-likeness (QED) is 0.247. The molecule has 2 aromatic carbocycles. The smallest absolute Gasteiger partial charge is 0.252 e. The molecule has 1 aliphatic carbocycles. The molecule has 226 valence electrons. The van der Waals surface area contributed by atoms with Gasteiger partial charge in [-0.2, -0.15) is 5.10 Å². The molecule has 10 nitrogen and oxygen atoms in total. The zero-order chi connectivity index (χ0) is 30.3. The van der Waals surface area contributed by atoms with Crippen LogP contribution in [0, 0.1) is 6.57 Å². The minimum Gasteiger partial charge on any atom is -0.351 e. The van der Waals surface area contributed by atoms with Crippen LogP contribution < -0.4 is 15.1 Å². The molecule has 1 saturated heterocycles. The first-order valence-corrected chi connectivity index (χ1v) is 13.9. The van der Waals surface area contributed by atoms with Crippen LogP contribution in [0.1, 0.15) is 44.7 Å². The number of carbonyl (C=O) groups is 3. The molecular formula is C31H28ClF2N7O3. The number of aromatic amines is 1. The number of alkyl halides is 2. The second kappa shape index (κ2) is 12.0. The fourth-order valence-corrected chi connectivity index (χ4v) is 5.83. The van der Waals surface area contributed by atoms with Crippen molar-refractivity contribution >= 4 is 57.4 Å². The highest BCUT2D eigenvalue weighted by atomic mass is 35.5. The Morgan fingerprint density at radius 2 is 1.95 bits per heavy atom. The van der Waals surface area contributed by atoms with Crippen molar-refractivity contribution in [3.05, 3.63) is 89.0 Å². The Balaban J connectivity index is 0.00000384. The first kappa shape index (κ1) is 30.6. The van der Waals surface area contributed by atoms with Gasteiger partial charge in [-0.25, -0.2) is 18.6 Å². The highest BCUT2D eigenvalue weighted by Crippen LogP contribution is 2.40.